The first-order valence-corrected chi connectivity index (χ1v) is 38.1. The van der Waals surface area contributed by atoms with Gasteiger partial charge in [0.25, 0.3) is 7.82 Å². The Morgan fingerprint density at radius 1 is 0.364 bits per heavy atom. The van der Waals surface area contributed by atoms with Gasteiger partial charge in [0.15, 0.2) is 6.10 Å². The highest BCUT2D eigenvalue weighted by Crippen LogP contribution is 2.38. The molecule has 0 aromatic rings. The van der Waals surface area contributed by atoms with Crippen molar-refractivity contribution in [3.05, 3.63) is 109 Å². The lowest BCUT2D eigenvalue weighted by atomic mass is 10.0. The van der Waals surface area contributed by atoms with E-state index in [9.17, 15) is 19.0 Å². The summed E-state index contributed by atoms with van der Waals surface area (Å²) in [6.45, 7) is 4.10. The van der Waals surface area contributed by atoms with Gasteiger partial charge in [-0.2, -0.15) is 0 Å². The summed E-state index contributed by atoms with van der Waals surface area (Å²) in [6, 6.07) is 0. The molecule has 0 aliphatic carbocycles. The van der Waals surface area contributed by atoms with Gasteiger partial charge < -0.3 is 27.9 Å². The van der Waals surface area contributed by atoms with Crippen LogP contribution in [0.2, 0.25) is 0 Å². The van der Waals surface area contributed by atoms with Gasteiger partial charge >= 0.3 is 11.9 Å². The first kappa shape index (κ1) is 84.7. The first-order valence-electron chi connectivity index (χ1n) is 36.6. The Kier molecular flexibility index (Phi) is 65.5. The summed E-state index contributed by atoms with van der Waals surface area (Å²) in [6.07, 6.45) is 96.3. The fourth-order valence-electron chi connectivity index (χ4n) is 10.2. The van der Waals surface area contributed by atoms with Crippen molar-refractivity contribution in [3.63, 3.8) is 0 Å². The number of carbonyl (C=O) groups is 2. The standard InChI is InChI=1S/C78H138NO8P/c1-6-8-10-12-14-16-18-20-22-24-26-28-30-32-34-35-36-37-38-39-40-41-42-43-45-46-48-50-52-54-56-58-60-62-64-66-68-70-77(80)84-74-76(75-86-88(82,83)85-73-72-79(3,4)5)87-78(81)71-69-67-65-63-61-59-57-55-53-51-49-47-44-33-31-29-27-25-23-21-19-17-15-13-11-9-7-2/h9,11,15,17,21,23-24,26-27,29,33,44,49,51,55,57,61,63,76H,6-8,10,12-14,16,18-20,22,25,28,30-32,34-43,45-48,50,52-54,56,58-60,62,64-75H2,1-5H3/b11-9-,17-15-,23-21-,26-24-,29-27-,44-33-,51-49-,57-55-,63-61-. The zero-order chi connectivity index (χ0) is 64.1. The number of phosphoric acid groups is 1. The normalized spacial score (nSPS) is 13.8. The van der Waals surface area contributed by atoms with Gasteiger partial charge in [-0.05, 0) is 103 Å². The predicted molar refractivity (Wildman–Crippen MR) is 378 cm³/mol. The van der Waals surface area contributed by atoms with E-state index in [1.165, 1.54) is 205 Å². The van der Waals surface area contributed by atoms with Crippen LogP contribution >= 0.6 is 7.82 Å². The minimum atomic E-state index is -4.66. The molecule has 2 unspecified atom stereocenters. The highest BCUT2D eigenvalue weighted by molar-refractivity contribution is 7.45. The third kappa shape index (κ3) is 71.7. The van der Waals surface area contributed by atoms with Crippen molar-refractivity contribution in [2.24, 2.45) is 0 Å². The van der Waals surface area contributed by atoms with Crippen molar-refractivity contribution in [2.75, 3.05) is 47.5 Å². The average Bonchev–Trinajstić information content (AvgIpc) is 3.60. The summed E-state index contributed by atoms with van der Waals surface area (Å²) in [5.41, 5.74) is 0. The lowest BCUT2D eigenvalue weighted by Crippen LogP contribution is -2.37. The third-order valence-corrected chi connectivity index (χ3v) is 16.7. The fourth-order valence-corrected chi connectivity index (χ4v) is 10.9. The number of unbranched alkanes of at least 4 members (excludes halogenated alkanes) is 35. The molecule has 0 spiro atoms. The molecule has 0 aromatic heterocycles. The Labute approximate surface area is 544 Å². The van der Waals surface area contributed by atoms with E-state index in [4.69, 9.17) is 18.5 Å². The smallest absolute Gasteiger partial charge is 0.306 e. The van der Waals surface area contributed by atoms with Crippen LogP contribution in [0, 0.1) is 0 Å². The van der Waals surface area contributed by atoms with E-state index in [2.05, 4.69) is 123 Å². The van der Waals surface area contributed by atoms with E-state index in [-0.39, 0.29) is 26.1 Å². The molecular weight excluding hydrogens is 1110 g/mol. The van der Waals surface area contributed by atoms with Crippen molar-refractivity contribution in [2.45, 2.75) is 328 Å². The van der Waals surface area contributed by atoms with Gasteiger partial charge in [0.2, 0.25) is 0 Å². The second-order valence-corrected chi connectivity index (χ2v) is 27.0. The molecule has 0 fully saturated rings. The Morgan fingerprint density at radius 2 is 0.648 bits per heavy atom. The molecular formula is C78H138NO8P. The molecule has 0 aromatic carbocycles. The molecule has 0 saturated carbocycles. The predicted octanol–water partition coefficient (Wildman–Crippen LogP) is 23.4. The van der Waals surface area contributed by atoms with Crippen molar-refractivity contribution >= 4 is 19.8 Å². The largest absolute Gasteiger partial charge is 0.756 e. The topological polar surface area (TPSA) is 111 Å². The Bertz CT molecular complexity index is 1850. The number of rotatable bonds is 67. The molecule has 0 heterocycles. The molecule has 10 heteroatoms. The summed E-state index contributed by atoms with van der Waals surface area (Å²) in [7, 11) is 1.13. The van der Waals surface area contributed by atoms with E-state index < -0.39 is 32.5 Å². The highest BCUT2D eigenvalue weighted by Gasteiger charge is 2.22. The van der Waals surface area contributed by atoms with Crippen LogP contribution in [0.3, 0.4) is 0 Å². The quantitative estimate of drug-likeness (QED) is 0.0195. The van der Waals surface area contributed by atoms with Gasteiger partial charge in [-0.1, -0.05) is 316 Å². The average molecular weight is 1250 g/mol. The zero-order valence-corrected chi connectivity index (χ0v) is 58.8. The van der Waals surface area contributed by atoms with Crippen LogP contribution in [0.5, 0.6) is 0 Å². The van der Waals surface area contributed by atoms with E-state index in [0.29, 0.717) is 17.4 Å². The van der Waals surface area contributed by atoms with E-state index >= 15 is 0 Å². The van der Waals surface area contributed by atoms with Crippen molar-refractivity contribution in [3.8, 4) is 0 Å². The number of esters is 2. The van der Waals surface area contributed by atoms with Gasteiger partial charge in [-0.15, -0.1) is 0 Å². The number of nitrogens with zero attached hydrogens (tertiary/aromatic N) is 1. The summed E-state index contributed by atoms with van der Waals surface area (Å²) >= 11 is 0. The molecule has 0 N–H and O–H groups in total. The van der Waals surface area contributed by atoms with Gasteiger partial charge in [-0.3, -0.25) is 14.2 Å². The molecule has 0 saturated heterocycles. The maximum Gasteiger partial charge on any atom is 0.306 e. The van der Waals surface area contributed by atoms with Crippen molar-refractivity contribution < 1.29 is 42.1 Å². The minimum absolute atomic E-state index is 0.0438. The number of hydrogen-bond donors (Lipinski definition) is 0. The van der Waals surface area contributed by atoms with Gasteiger partial charge in [0, 0.05) is 12.8 Å². The number of hydrogen-bond acceptors (Lipinski definition) is 8. The Hall–Kier alpha value is -3.33. The molecule has 0 aliphatic heterocycles. The summed E-state index contributed by atoms with van der Waals surface area (Å²) in [5.74, 6) is -0.880. The van der Waals surface area contributed by atoms with E-state index in [1.807, 2.05) is 21.1 Å². The molecule has 0 bridgehead atoms. The molecule has 0 amide bonds. The van der Waals surface area contributed by atoms with Gasteiger partial charge in [-0.25, -0.2) is 0 Å². The van der Waals surface area contributed by atoms with Crippen LogP contribution in [-0.2, 0) is 32.7 Å². The first-order chi connectivity index (χ1) is 43.0. The molecule has 0 aliphatic rings. The van der Waals surface area contributed by atoms with Crippen LogP contribution in [0.4, 0.5) is 0 Å². The zero-order valence-electron chi connectivity index (χ0n) is 57.9. The van der Waals surface area contributed by atoms with Crippen molar-refractivity contribution in [1.82, 2.24) is 0 Å². The van der Waals surface area contributed by atoms with Crippen molar-refractivity contribution in [1.29, 1.82) is 0 Å². The second-order valence-electron chi connectivity index (χ2n) is 25.6. The van der Waals surface area contributed by atoms with E-state index in [1.54, 1.807) is 0 Å². The number of carbonyl (C=O) groups excluding carboxylic acids is 2. The van der Waals surface area contributed by atoms with Crippen LogP contribution < -0.4 is 4.89 Å². The lowest BCUT2D eigenvalue weighted by molar-refractivity contribution is -0.870. The summed E-state index contributed by atoms with van der Waals surface area (Å²) < 4.78 is 34.3. The second kappa shape index (κ2) is 68.0. The maximum absolute atomic E-state index is 12.8. The maximum atomic E-state index is 12.8. The monoisotopic (exact) mass is 1250 g/mol. The number of ether oxygens (including phenoxy) is 2. The molecule has 0 radical (unpaired) electrons. The van der Waals surface area contributed by atoms with Gasteiger partial charge in [0.1, 0.15) is 19.8 Å². The lowest BCUT2D eigenvalue weighted by Gasteiger charge is -2.28. The highest BCUT2D eigenvalue weighted by atomic mass is 31.2. The van der Waals surface area contributed by atoms with E-state index in [0.717, 1.165) is 83.5 Å². The number of allylic oxidation sites excluding steroid dienone is 18. The Morgan fingerprint density at radius 3 is 1.00 bits per heavy atom. The molecule has 9 nitrogen and oxygen atoms in total. The minimum Gasteiger partial charge on any atom is -0.756 e. The molecule has 508 valence electrons. The van der Waals surface area contributed by atoms with Crippen LogP contribution in [0.15, 0.2) is 109 Å². The summed E-state index contributed by atoms with van der Waals surface area (Å²) in [4.78, 5) is 38.1. The van der Waals surface area contributed by atoms with Crippen LogP contribution in [0.1, 0.15) is 322 Å². The molecule has 2 atom stereocenters. The van der Waals surface area contributed by atoms with Gasteiger partial charge in [0.05, 0.1) is 27.7 Å². The number of phosphoric ester groups is 1. The Balaban J connectivity index is 4.04. The molecule has 88 heavy (non-hydrogen) atoms. The van der Waals surface area contributed by atoms with Crippen LogP contribution in [-0.4, -0.2) is 70.0 Å². The fraction of sp³-hybridized carbons (Fsp3) is 0.744. The summed E-state index contributed by atoms with van der Waals surface area (Å²) in [5, 5.41) is 0. The van der Waals surface area contributed by atoms with Crippen LogP contribution in [0.25, 0.3) is 0 Å². The number of quaternary nitrogens is 1. The number of likely N-dealkylation sites (N-methyl/N-ethyl adjacent to an activating group) is 1. The SMILES string of the molecule is CC/C=C\C/C=C\C/C=C\C/C=C\C/C=C\C/C=C\C/C=C\C/C=C\CCCCC(=O)OC(COC(=O)CCCCCCCCCCCCCCCCCCCCCCCCCCC/C=C\CCCCCCCCCC)COP(=O)([O-])OCC[N+](C)(C)C. The molecule has 0 rings (SSSR count). The third-order valence-electron chi connectivity index (χ3n) is 15.8.